The van der Waals surface area contributed by atoms with Gasteiger partial charge in [-0.25, -0.2) is 0 Å². The standard InChI is InChI=1S/C10H15/c1-3-9-7-5-6-8-10(9)4-2/h3-4,9H,1-2,5-8H2. The number of hydrogen-bond acceptors (Lipinski definition) is 0. The van der Waals surface area contributed by atoms with Gasteiger partial charge in [-0.1, -0.05) is 25.0 Å². The Hall–Kier alpha value is -0.520. The van der Waals surface area contributed by atoms with Crippen LogP contribution in [-0.2, 0) is 0 Å². The summed E-state index contributed by atoms with van der Waals surface area (Å²) in [4.78, 5) is 0. The third-order valence-electron chi connectivity index (χ3n) is 2.25. The second kappa shape index (κ2) is 3.60. The molecule has 0 heterocycles. The normalized spacial score (nSPS) is 27.8. The van der Waals surface area contributed by atoms with E-state index in [1.807, 2.05) is 6.08 Å². The Balaban J connectivity index is 2.49. The van der Waals surface area contributed by atoms with Gasteiger partial charge in [0.25, 0.3) is 0 Å². The molecule has 0 heteroatoms. The maximum atomic E-state index is 3.81. The molecular formula is C10H15. The van der Waals surface area contributed by atoms with Crippen molar-refractivity contribution in [2.24, 2.45) is 5.92 Å². The summed E-state index contributed by atoms with van der Waals surface area (Å²) < 4.78 is 0. The van der Waals surface area contributed by atoms with Crippen molar-refractivity contribution in [3.05, 3.63) is 31.2 Å². The second-order valence-corrected chi connectivity index (χ2v) is 2.87. The molecule has 1 fully saturated rings. The number of allylic oxidation sites excluding steroid dienone is 2. The van der Waals surface area contributed by atoms with E-state index in [0.717, 1.165) is 0 Å². The van der Waals surface area contributed by atoms with Gasteiger partial charge >= 0.3 is 0 Å². The van der Waals surface area contributed by atoms with Crippen molar-refractivity contribution < 1.29 is 0 Å². The minimum atomic E-state index is 0.631. The molecule has 1 unspecified atom stereocenters. The Kier molecular flexibility index (Phi) is 2.73. The van der Waals surface area contributed by atoms with Gasteiger partial charge in [-0.15, -0.1) is 13.2 Å². The van der Waals surface area contributed by atoms with Crippen LogP contribution in [0.5, 0.6) is 0 Å². The van der Waals surface area contributed by atoms with Crippen molar-refractivity contribution in [3.8, 4) is 0 Å². The van der Waals surface area contributed by atoms with Gasteiger partial charge in [0.15, 0.2) is 0 Å². The van der Waals surface area contributed by atoms with Crippen molar-refractivity contribution in [2.45, 2.75) is 25.7 Å². The Morgan fingerprint density at radius 2 is 2.10 bits per heavy atom. The van der Waals surface area contributed by atoms with Crippen molar-refractivity contribution >= 4 is 0 Å². The smallest absolute Gasteiger partial charge is 0.00381 e. The highest BCUT2D eigenvalue weighted by Crippen LogP contribution is 2.32. The van der Waals surface area contributed by atoms with Crippen molar-refractivity contribution in [1.29, 1.82) is 0 Å². The molecule has 1 aliphatic carbocycles. The van der Waals surface area contributed by atoms with E-state index in [0.29, 0.717) is 5.92 Å². The molecule has 1 aliphatic rings. The summed E-state index contributed by atoms with van der Waals surface area (Å²) in [5.41, 5.74) is 0. The van der Waals surface area contributed by atoms with E-state index >= 15 is 0 Å². The Bertz CT molecular complexity index is 108. The average molecular weight is 135 g/mol. The largest absolute Gasteiger partial charge is 0.103 e. The summed E-state index contributed by atoms with van der Waals surface area (Å²) in [6.45, 7) is 7.61. The van der Waals surface area contributed by atoms with E-state index < -0.39 is 0 Å². The molecule has 0 aromatic rings. The monoisotopic (exact) mass is 135 g/mol. The van der Waals surface area contributed by atoms with E-state index in [4.69, 9.17) is 0 Å². The molecule has 1 rings (SSSR count). The molecule has 0 N–H and O–H groups in total. The van der Waals surface area contributed by atoms with Gasteiger partial charge in [-0.2, -0.15) is 0 Å². The zero-order valence-electron chi connectivity index (χ0n) is 6.47. The molecule has 0 aliphatic heterocycles. The third kappa shape index (κ3) is 1.50. The lowest BCUT2D eigenvalue weighted by atomic mass is 9.79. The molecule has 0 saturated heterocycles. The fourth-order valence-corrected chi connectivity index (χ4v) is 1.59. The zero-order valence-corrected chi connectivity index (χ0v) is 6.47. The summed E-state index contributed by atoms with van der Waals surface area (Å²) >= 11 is 0. The van der Waals surface area contributed by atoms with Gasteiger partial charge in [0, 0.05) is 5.92 Å². The van der Waals surface area contributed by atoms with Crippen LogP contribution in [0.4, 0.5) is 0 Å². The average Bonchev–Trinajstić information content (AvgIpc) is 2.04. The summed E-state index contributed by atoms with van der Waals surface area (Å²) in [5, 5.41) is 0. The lowest BCUT2D eigenvalue weighted by molar-refractivity contribution is 0.476. The van der Waals surface area contributed by atoms with Crippen molar-refractivity contribution in [1.82, 2.24) is 0 Å². The molecule has 55 valence electrons. The predicted molar refractivity (Wildman–Crippen MR) is 45.6 cm³/mol. The van der Waals surface area contributed by atoms with Crippen LogP contribution in [0.2, 0.25) is 0 Å². The fourth-order valence-electron chi connectivity index (χ4n) is 1.59. The fraction of sp³-hybridized carbons (Fsp3) is 0.500. The van der Waals surface area contributed by atoms with Crippen LogP contribution in [0.25, 0.3) is 0 Å². The molecule has 1 saturated carbocycles. The summed E-state index contributed by atoms with van der Waals surface area (Å²) in [7, 11) is 0. The Labute approximate surface area is 63.6 Å². The van der Waals surface area contributed by atoms with E-state index in [9.17, 15) is 0 Å². The number of hydrogen-bond donors (Lipinski definition) is 0. The maximum absolute atomic E-state index is 3.81. The molecule has 0 amide bonds. The second-order valence-electron chi connectivity index (χ2n) is 2.87. The summed E-state index contributed by atoms with van der Waals surface area (Å²) in [6, 6.07) is 0. The first-order valence-corrected chi connectivity index (χ1v) is 3.99. The summed E-state index contributed by atoms with van der Waals surface area (Å²) in [5.74, 6) is 2.12. The predicted octanol–water partition coefficient (Wildman–Crippen LogP) is 3.12. The molecule has 10 heavy (non-hydrogen) atoms. The molecule has 0 aromatic heterocycles. The maximum Gasteiger partial charge on any atom is 0.00381 e. The van der Waals surface area contributed by atoms with Crippen LogP contribution < -0.4 is 0 Å². The molecule has 1 atom stereocenters. The Morgan fingerprint density at radius 1 is 1.30 bits per heavy atom. The molecule has 0 bridgehead atoms. The topological polar surface area (TPSA) is 0 Å². The van der Waals surface area contributed by atoms with Crippen molar-refractivity contribution in [3.63, 3.8) is 0 Å². The highest BCUT2D eigenvalue weighted by Gasteiger charge is 2.19. The molecule has 0 spiro atoms. The van der Waals surface area contributed by atoms with Gasteiger partial charge in [0.1, 0.15) is 0 Å². The van der Waals surface area contributed by atoms with Crippen LogP contribution in [0.1, 0.15) is 25.7 Å². The van der Waals surface area contributed by atoms with Crippen LogP contribution in [-0.4, -0.2) is 0 Å². The highest BCUT2D eigenvalue weighted by atomic mass is 14.2. The third-order valence-corrected chi connectivity index (χ3v) is 2.25. The van der Waals surface area contributed by atoms with Crippen LogP contribution in [0, 0.1) is 11.8 Å². The van der Waals surface area contributed by atoms with Gasteiger partial charge in [0.05, 0.1) is 0 Å². The highest BCUT2D eigenvalue weighted by molar-refractivity contribution is 5.16. The molecular weight excluding hydrogens is 120 g/mol. The van der Waals surface area contributed by atoms with E-state index in [-0.39, 0.29) is 0 Å². The molecule has 0 aromatic carbocycles. The number of rotatable bonds is 2. The zero-order chi connectivity index (χ0) is 7.40. The lowest BCUT2D eigenvalue weighted by Crippen LogP contribution is -2.12. The first-order chi connectivity index (χ1) is 4.88. The van der Waals surface area contributed by atoms with Gasteiger partial charge in [-0.05, 0) is 18.8 Å². The molecule has 1 radical (unpaired) electrons. The van der Waals surface area contributed by atoms with Crippen LogP contribution in [0.15, 0.2) is 25.3 Å². The Morgan fingerprint density at radius 3 is 2.60 bits per heavy atom. The quantitative estimate of drug-likeness (QED) is 0.510. The minimum Gasteiger partial charge on any atom is -0.103 e. The van der Waals surface area contributed by atoms with E-state index in [2.05, 4.69) is 19.2 Å². The first kappa shape index (κ1) is 7.59. The van der Waals surface area contributed by atoms with Crippen LogP contribution in [0.3, 0.4) is 0 Å². The first-order valence-electron chi connectivity index (χ1n) is 3.99. The molecule has 0 nitrogen and oxygen atoms in total. The van der Waals surface area contributed by atoms with Gasteiger partial charge in [-0.3, -0.25) is 0 Å². The van der Waals surface area contributed by atoms with Gasteiger partial charge < -0.3 is 0 Å². The summed E-state index contributed by atoms with van der Waals surface area (Å²) in [6.07, 6.45) is 9.27. The SMILES string of the molecule is C=C[C]1CCCCC1C=C. The lowest BCUT2D eigenvalue weighted by Gasteiger charge is -2.25. The van der Waals surface area contributed by atoms with E-state index in [1.54, 1.807) is 0 Å². The van der Waals surface area contributed by atoms with E-state index in [1.165, 1.54) is 31.6 Å². The minimum absolute atomic E-state index is 0.631. The van der Waals surface area contributed by atoms with Crippen LogP contribution >= 0.6 is 0 Å². The van der Waals surface area contributed by atoms with Crippen molar-refractivity contribution in [2.75, 3.05) is 0 Å². The van der Waals surface area contributed by atoms with Gasteiger partial charge in [0.2, 0.25) is 0 Å².